The molecule has 0 aliphatic rings. The zero-order chi connectivity index (χ0) is 15.2. The highest BCUT2D eigenvalue weighted by Crippen LogP contribution is 2.12. The fourth-order valence-electron chi connectivity index (χ4n) is 1.84. The fourth-order valence-corrected chi connectivity index (χ4v) is 2.45. The van der Waals surface area contributed by atoms with Gasteiger partial charge >= 0.3 is 0 Å². The summed E-state index contributed by atoms with van der Waals surface area (Å²) < 4.78 is 5.63. The fraction of sp³-hybridized carbons (Fsp3) is 0.375. The average Bonchev–Trinajstić information content (AvgIpc) is 2.86. The molecule has 0 radical (unpaired) electrons. The maximum Gasteiger partial charge on any atom is 0.228 e. The first kappa shape index (κ1) is 15.5. The molecule has 112 valence electrons. The minimum absolute atomic E-state index is 0.0628. The summed E-state index contributed by atoms with van der Waals surface area (Å²) in [6.45, 7) is 5.03. The summed E-state index contributed by atoms with van der Waals surface area (Å²) in [5, 5.41) is 2.92. The van der Waals surface area contributed by atoms with Gasteiger partial charge in [0, 0.05) is 12.4 Å². The molecule has 0 fully saturated rings. The highest BCUT2D eigenvalue weighted by molar-refractivity contribution is 7.09. The third kappa shape index (κ3) is 4.86. The molecule has 2 rings (SSSR count). The summed E-state index contributed by atoms with van der Waals surface area (Å²) >= 11 is 1.57. The van der Waals surface area contributed by atoms with Gasteiger partial charge in [0.15, 0.2) is 0 Å². The average molecular weight is 304 g/mol. The Morgan fingerprint density at radius 3 is 2.62 bits per heavy atom. The number of thiazole rings is 1. The summed E-state index contributed by atoms with van der Waals surface area (Å²) in [5.74, 6) is 0.893. The van der Waals surface area contributed by atoms with Crippen molar-refractivity contribution in [3.8, 4) is 5.75 Å². The number of carbonyl (C=O) groups excluding carboxylic acids is 1. The van der Waals surface area contributed by atoms with E-state index in [1.54, 1.807) is 23.3 Å². The summed E-state index contributed by atoms with van der Waals surface area (Å²) in [7, 11) is 1.79. The van der Waals surface area contributed by atoms with Crippen molar-refractivity contribution < 1.29 is 9.53 Å². The van der Waals surface area contributed by atoms with Gasteiger partial charge in [0.25, 0.3) is 0 Å². The zero-order valence-electron chi connectivity index (χ0n) is 12.6. The van der Waals surface area contributed by atoms with Gasteiger partial charge in [-0.1, -0.05) is 17.7 Å². The lowest BCUT2D eigenvalue weighted by atomic mass is 10.2. The second kappa shape index (κ2) is 7.22. The molecular weight excluding hydrogens is 284 g/mol. The number of carbonyl (C=O) groups is 1. The molecule has 0 N–H and O–H groups in total. The van der Waals surface area contributed by atoms with E-state index in [2.05, 4.69) is 4.98 Å². The van der Waals surface area contributed by atoms with Crippen LogP contribution in [0.1, 0.15) is 16.3 Å². The Bertz CT molecular complexity index is 593. The molecule has 0 aliphatic heterocycles. The van der Waals surface area contributed by atoms with Gasteiger partial charge in [-0.3, -0.25) is 4.79 Å². The Labute approximate surface area is 129 Å². The summed E-state index contributed by atoms with van der Waals surface area (Å²) in [6, 6.07) is 7.90. The van der Waals surface area contributed by atoms with Gasteiger partial charge in [0.2, 0.25) is 5.91 Å². The summed E-state index contributed by atoms with van der Waals surface area (Å²) in [4.78, 5) is 18.0. The number of likely N-dealkylation sites (N-methyl/N-ethyl adjacent to an activating group) is 1. The third-order valence-electron chi connectivity index (χ3n) is 3.14. The van der Waals surface area contributed by atoms with Crippen LogP contribution in [-0.2, 0) is 11.2 Å². The van der Waals surface area contributed by atoms with Crippen LogP contribution in [0.5, 0.6) is 5.75 Å². The van der Waals surface area contributed by atoms with E-state index in [0.717, 1.165) is 16.5 Å². The number of nitrogens with zero attached hydrogens (tertiary/aromatic N) is 2. The highest BCUT2D eigenvalue weighted by atomic mass is 32.1. The third-order valence-corrected chi connectivity index (χ3v) is 3.96. The van der Waals surface area contributed by atoms with Crippen molar-refractivity contribution >= 4 is 17.2 Å². The number of hydrogen-bond donors (Lipinski definition) is 0. The lowest BCUT2D eigenvalue weighted by molar-refractivity contribution is -0.129. The summed E-state index contributed by atoms with van der Waals surface area (Å²) in [5.41, 5.74) is 2.04. The van der Waals surface area contributed by atoms with Crippen molar-refractivity contribution in [3.05, 3.63) is 45.9 Å². The first-order valence-electron chi connectivity index (χ1n) is 6.89. The zero-order valence-corrected chi connectivity index (χ0v) is 13.4. The van der Waals surface area contributed by atoms with Gasteiger partial charge < -0.3 is 9.64 Å². The van der Waals surface area contributed by atoms with Crippen LogP contribution in [0.2, 0.25) is 0 Å². The normalized spacial score (nSPS) is 10.4. The van der Waals surface area contributed by atoms with Crippen molar-refractivity contribution in [2.24, 2.45) is 0 Å². The predicted molar refractivity (Wildman–Crippen MR) is 84.9 cm³/mol. The molecule has 0 aliphatic carbocycles. The molecule has 0 saturated heterocycles. The van der Waals surface area contributed by atoms with Gasteiger partial charge in [-0.15, -0.1) is 11.3 Å². The Balaban J connectivity index is 1.74. The van der Waals surface area contributed by atoms with Gasteiger partial charge in [-0.2, -0.15) is 0 Å². The predicted octanol–water partition coefficient (Wildman–Crippen LogP) is 2.84. The van der Waals surface area contributed by atoms with Crippen LogP contribution in [0.4, 0.5) is 0 Å². The van der Waals surface area contributed by atoms with E-state index < -0.39 is 0 Å². The molecule has 0 saturated carbocycles. The standard InChI is InChI=1S/C16H20N2O2S/c1-12-4-6-15(7-5-12)20-9-8-18(3)16(19)10-14-11-21-13(2)17-14/h4-7,11H,8-10H2,1-3H3. The monoisotopic (exact) mass is 304 g/mol. The smallest absolute Gasteiger partial charge is 0.228 e. The van der Waals surface area contributed by atoms with E-state index >= 15 is 0 Å². The second-order valence-corrected chi connectivity index (χ2v) is 6.07. The number of rotatable bonds is 6. The van der Waals surface area contributed by atoms with Crippen molar-refractivity contribution in [3.63, 3.8) is 0 Å². The van der Waals surface area contributed by atoms with Gasteiger partial charge in [0.1, 0.15) is 12.4 Å². The highest BCUT2D eigenvalue weighted by Gasteiger charge is 2.11. The molecule has 4 nitrogen and oxygen atoms in total. The van der Waals surface area contributed by atoms with Gasteiger partial charge in [-0.25, -0.2) is 4.98 Å². The lowest BCUT2D eigenvalue weighted by Gasteiger charge is -2.17. The molecule has 0 spiro atoms. The second-order valence-electron chi connectivity index (χ2n) is 5.01. The SMILES string of the molecule is Cc1ccc(OCCN(C)C(=O)Cc2csc(C)n2)cc1. The van der Waals surface area contributed by atoms with E-state index in [-0.39, 0.29) is 5.91 Å². The van der Waals surface area contributed by atoms with Crippen molar-refractivity contribution in [2.45, 2.75) is 20.3 Å². The number of ether oxygens (including phenoxy) is 1. The Hall–Kier alpha value is -1.88. The molecule has 1 heterocycles. The quantitative estimate of drug-likeness (QED) is 0.824. The van der Waals surface area contributed by atoms with Gasteiger partial charge in [-0.05, 0) is 26.0 Å². The van der Waals surface area contributed by atoms with Crippen LogP contribution >= 0.6 is 11.3 Å². The molecule has 1 aromatic heterocycles. The first-order chi connectivity index (χ1) is 10.0. The molecule has 1 aromatic carbocycles. The van der Waals surface area contributed by atoms with Crippen LogP contribution in [0, 0.1) is 13.8 Å². The number of hydrogen-bond acceptors (Lipinski definition) is 4. The summed E-state index contributed by atoms with van der Waals surface area (Å²) in [6.07, 6.45) is 0.353. The van der Waals surface area contributed by atoms with Crippen LogP contribution in [-0.4, -0.2) is 36.0 Å². The molecule has 21 heavy (non-hydrogen) atoms. The Morgan fingerprint density at radius 2 is 2.00 bits per heavy atom. The molecular formula is C16H20N2O2S. The molecule has 5 heteroatoms. The molecule has 0 unspecified atom stereocenters. The van der Waals surface area contributed by atoms with Crippen LogP contribution in [0.25, 0.3) is 0 Å². The van der Waals surface area contributed by atoms with Crippen LogP contribution < -0.4 is 4.74 Å². The van der Waals surface area contributed by atoms with E-state index in [0.29, 0.717) is 19.6 Å². The number of aromatic nitrogens is 1. The van der Waals surface area contributed by atoms with Crippen molar-refractivity contribution in [1.29, 1.82) is 0 Å². The van der Waals surface area contributed by atoms with Gasteiger partial charge in [0.05, 0.1) is 23.7 Å². The van der Waals surface area contributed by atoms with E-state index in [1.165, 1.54) is 5.56 Å². The number of amides is 1. The van der Waals surface area contributed by atoms with Crippen LogP contribution in [0.3, 0.4) is 0 Å². The van der Waals surface area contributed by atoms with E-state index in [9.17, 15) is 4.79 Å². The first-order valence-corrected chi connectivity index (χ1v) is 7.77. The van der Waals surface area contributed by atoms with Crippen molar-refractivity contribution in [2.75, 3.05) is 20.2 Å². The molecule has 0 atom stereocenters. The maximum atomic E-state index is 12.0. The Morgan fingerprint density at radius 1 is 1.29 bits per heavy atom. The minimum Gasteiger partial charge on any atom is -0.492 e. The maximum absolute atomic E-state index is 12.0. The largest absolute Gasteiger partial charge is 0.492 e. The van der Waals surface area contributed by atoms with Crippen molar-refractivity contribution in [1.82, 2.24) is 9.88 Å². The molecule has 0 bridgehead atoms. The van der Waals surface area contributed by atoms with E-state index in [4.69, 9.17) is 4.74 Å². The lowest BCUT2D eigenvalue weighted by Crippen LogP contribution is -2.32. The minimum atomic E-state index is 0.0628. The molecule has 1 amide bonds. The number of aryl methyl sites for hydroxylation is 2. The Kier molecular flexibility index (Phi) is 5.33. The molecule has 2 aromatic rings. The topological polar surface area (TPSA) is 42.4 Å². The number of benzene rings is 1. The van der Waals surface area contributed by atoms with Crippen LogP contribution in [0.15, 0.2) is 29.6 Å². The van der Waals surface area contributed by atoms with E-state index in [1.807, 2.05) is 43.5 Å².